The van der Waals surface area contributed by atoms with Gasteiger partial charge in [-0.1, -0.05) is 0 Å². The minimum atomic E-state index is -0.495. The molecule has 0 aromatic carbocycles. The normalized spacial score (nSPS) is 9.75. The first-order valence-electron chi connectivity index (χ1n) is 2.32. The zero-order chi connectivity index (χ0) is 6.24. The molecule has 0 aliphatic carbocycles. The second-order valence-corrected chi connectivity index (χ2v) is 1.13. The zero-order valence-corrected chi connectivity index (χ0v) is 4.47. The van der Waals surface area contributed by atoms with Crippen molar-refractivity contribution in [2.24, 2.45) is 0 Å². The first-order chi connectivity index (χ1) is 3.91. The topological polar surface area (TPSA) is 38.7 Å². The average Bonchev–Trinajstić information content (AvgIpc) is 1.81. The van der Waals surface area contributed by atoms with Crippen LogP contribution in [-0.2, 0) is 9.62 Å². The molecular formula is C4H9FO3. The van der Waals surface area contributed by atoms with Gasteiger partial charge in [0.15, 0.2) is 0 Å². The number of rotatable bonds is 5. The monoisotopic (exact) mass is 124 g/mol. The van der Waals surface area contributed by atoms with Crippen LogP contribution in [0.3, 0.4) is 0 Å². The summed E-state index contributed by atoms with van der Waals surface area (Å²) >= 11 is 0. The summed E-state index contributed by atoms with van der Waals surface area (Å²) in [4.78, 5) is 3.64. The molecule has 4 heteroatoms. The van der Waals surface area contributed by atoms with Gasteiger partial charge in [0.25, 0.3) is 0 Å². The Hall–Kier alpha value is -0.190. The standard InChI is InChI=1S/C4H9FO3/c5-1-2-7-3-4-8-6/h6H,1-4H2. The third-order valence-electron chi connectivity index (χ3n) is 0.540. The summed E-state index contributed by atoms with van der Waals surface area (Å²) in [7, 11) is 0. The van der Waals surface area contributed by atoms with Gasteiger partial charge >= 0.3 is 0 Å². The van der Waals surface area contributed by atoms with Crippen LogP contribution in [0.15, 0.2) is 0 Å². The molecule has 3 nitrogen and oxygen atoms in total. The summed E-state index contributed by atoms with van der Waals surface area (Å²) in [6.07, 6.45) is 0. The highest BCUT2D eigenvalue weighted by atomic mass is 19.1. The maximum atomic E-state index is 11.2. The van der Waals surface area contributed by atoms with Crippen LogP contribution in [0.5, 0.6) is 0 Å². The average molecular weight is 124 g/mol. The van der Waals surface area contributed by atoms with Gasteiger partial charge in [-0.15, -0.1) is 0 Å². The lowest BCUT2D eigenvalue weighted by atomic mass is 10.7. The summed E-state index contributed by atoms with van der Waals surface area (Å²) in [6, 6.07) is 0. The first-order valence-corrected chi connectivity index (χ1v) is 2.32. The van der Waals surface area contributed by atoms with E-state index >= 15 is 0 Å². The second kappa shape index (κ2) is 6.81. The molecule has 0 rings (SSSR count). The lowest BCUT2D eigenvalue weighted by Crippen LogP contribution is -2.03. The van der Waals surface area contributed by atoms with E-state index in [4.69, 9.17) is 5.26 Å². The van der Waals surface area contributed by atoms with E-state index in [1.165, 1.54) is 0 Å². The molecule has 0 saturated carbocycles. The van der Waals surface area contributed by atoms with E-state index < -0.39 is 6.67 Å². The van der Waals surface area contributed by atoms with Crippen LogP contribution < -0.4 is 0 Å². The Morgan fingerprint density at radius 1 is 1.25 bits per heavy atom. The molecule has 0 heterocycles. The van der Waals surface area contributed by atoms with Crippen LogP contribution in [0.2, 0.25) is 0 Å². The number of hydrogen-bond donors (Lipinski definition) is 1. The maximum absolute atomic E-state index is 11.2. The fourth-order valence-electron chi connectivity index (χ4n) is 0.253. The number of hydrogen-bond acceptors (Lipinski definition) is 3. The Kier molecular flexibility index (Phi) is 6.65. The van der Waals surface area contributed by atoms with Crippen molar-refractivity contribution in [3.63, 3.8) is 0 Å². The minimum absolute atomic E-state index is 0.0728. The lowest BCUT2D eigenvalue weighted by Gasteiger charge is -1.96. The maximum Gasteiger partial charge on any atom is 0.113 e. The molecule has 50 valence electrons. The first kappa shape index (κ1) is 7.81. The highest BCUT2D eigenvalue weighted by molar-refractivity contribution is 4.25. The van der Waals surface area contributed by atoms with E-state index in [1.54, 1.807) is 0 Å². The lowest BCUT2D eigenvalue weighted by molar-refractivity contribution is -0.249. The van der Waals surface area contributed by atoms with E-state index in [0.717, 1.165) is 0 Å². The van der Waals surface area contributed by atoms with Crippen LogP contribution in [0.1, 0.15) is 0 Å². The van der Waals surface area contributed by atoms with Gasteiger partial charge in [-0.2, -0.15) is 0 Å². The highest BCUT2D eigenvalue weighted by Crippen LogP contribution is 1.75. The van der Waals surface area contributed by atoms with Crippen LogP contribution >= 0.6 is 0 Å². The molecule has 0 aliphatic rings. The van der Waals surface area contributed by atoms with Crippen molar-refractivity contribution >= 4 is 0 Å². The minimum Gasteiger partial charge on any atom is -0.376 e. The molecule has 0 bridgehead atoms. The summed E-state index contributed by atoms with van der Waals surface area (Å²) in [5.41, 5.74) is 0. The Morgan fingerprint density at radius 2 is 2.00 bits per heavy atom. The number of alkyl halides is 1. The van der Waals surface area contributed by atoms with E-state index in [2.05, 4.69) is 9.62 Å². The van der Waals surface area contributed by atoms with E-state index in [9.17, 15) is 4.39 Å². The van der Waals surface area contributed by atoms with Gasteiger partial charge in [-0.3, -0.25) is 5.26 Å². The Morgan fingerprint density at radius 3 is 2.50 bits per heavy atom. The molecular weight excluding hydrogens is 115 g/mol. The fourth-order valence-corrected chi connectivity index (χ4v) is 0.253. The van der Waals surface area contributed by atoms with Crippen molar-refractivity contribution in [1.29, 1.82) is 0 Å². The van der Waals surface area contributed by atoms with Crippen LogP contribution in [0, 0.1) is 0 Å². The predicted molar refractivity (Wildman–Crippen MR) is 25.4 cm³/mol. The van der Waals surface area contributed by atoms with Gasteiger partial charge < -0.3 is 4.74 Å². The summed E-state index contributed by atoms with van der Waals surface area (Å²) < 4.78 is 15.8. The van der Waals surface area contributed by atoms with Gasteiger partial charge in [0.1, 0.15) is 13.3 Å². The Balaban J connectivity index is 2.53. The van der Waals surface area contributed by atoms with Crippen molar-refractivity contribution in [2.75, 3.05) is 26.5 Å². The largest absolute Gasteiger partial charge is 0.376 e. The van der Waals surface area contributed by atoms with Crippen LogP contribution in [0.4, 0.5) is 4.39 Å². The molecule has 0 spiro atoms. The van der Waals surface area contributed by atoms with Gasteiger partial charge in [0.2, 0.25) is 0 Å². The van der Waals surface area contributed by atoms with Gasteiger partial charge in [0.05, 0.1) is 13.2 Å². The highest BCUT2D eigenvalue weighted by Gasteiger charge is 1.84. The second-order valence-electron chi connectivity index (χ2n) is 1.13. The molecule has 0 radical (unpaired) electrons. The molecule has 0 atom stereocenters. The molecule has 0 fully saturated rings. The number of halogens is 1. The summed E-state index contributed by atoms with van der Waals surface area (Å²) in [5.74, 6) is 0. The van der Waals surface area contributed by atoms with Gasteiger partial charge in [-0.25, -0.2) is 9.28 Å². The van der Waals surface area contributed by atoms with Crippen molar-refractivity contribution in [2.45, 2.75) is 0 Å². The Bertz CT molecular complexity index is 36.3. The molecule has 0 saturated heterocycles. The molecule has 0 unspecified atom stereocenters. The smallest absolute Gasteiger partial charge is 0.113 e. The van der Waals surface area contributed by atoms with Crippen molar-refractivity contribution < 1.29 is 19.3 Å². The molecule has 0 amide bonds. The van der Waals surface area contributed by atoms with Crippen molar-refractivity contribution in [1.82, 2.24) is 0 Å². The van der Waals surface area contributed by atoms with Crippen LogP contribution in [0.25, 0.3) is 0 Å². The molecule has 8 heavy (non-hydrogen) atoms. The number of ether oxygens (including phenoxy) is 1. The summed E-state index contributed by atoms with van der Waals surface area (Å²) in [6.45, 7) is -0.0881. The predicted octanol–water partition coefficient (Wildman–Crippen LogP) is 0.462. The molecule has 1 N–H and O–H groups in total. The van der Waals surface area contributed by atoms with Crippen molar-refractivity contribution in [3.05, 3.63) is 0 Å². The fraction of sp³-hybridized carbons (Fsp3) is 1.00. The summed E-state index contributed by atoms with van der Waals surface area (Å²) in [5, 5.41) is 7.69. The van der Waals surface area contributed by atoms with Crippen LogP contribution in [-0.4, -0.2) is 31.8 Å². The molecule has 0 aliphatic heterocycles. The van der Waals surface area contributed by atoms with E-state index in [-0.39, 0.29) is 19.8 Å². The quantitative estimate of drug-likeness (QED) is 0.329. The Labute approximate surface area is 47.0 Å². The van der Waals surface area contributed by atoms with Gasteiger partial charge in [0, 0.05) is 0 Å². The van der Waals surface area contributed by atoms with E-state index in [1.807, 2.05) is 0 Å². The third-order valence-corrected chi connectivity index (χ3v) is 0.540. The third kappa shape index (κ3) is 5.81. The molecule has 0 aromatic rings. The van der Waals surface area contributed by atoms with Gasteiger partial charge in [-0.05, 0) is 0 Å². The molecule has 0 aromatic heterocycles. The zero-order valence-electron chi connectivity index (χ0n) is 4.47. The SMILES string of the molecule is OOCCOCCF. The van der Waals surface area contributed by atoms with Crippen molar-refractivity contribution in [3.8, 4) is 0 Å². The van der Waals surface area contributed by atoms with E-state index in [0.29, 0.717) is 0 Å².